The average Bonchev–Trinajstić information content (AvgIpc) is 2.52. The molecule has 1 heterocycles. The Balaban J connectivity index is 2.49. The van der Waals surface area contributed by atoms with Gasteiger partial charge in [-0.05, 0) is 26.1 Å². The Morgan fingerprint density at radius 1 is 1.38 bits per heavy atom. The van der Waals surface area contributed by atoms with E-state index in [4.69, 9.17) is 0 Å². The minimum atomic E-state index is 0.539. The zero-order valence-electron chi connectivity index (χ0n) is 10.8. The van der Waals surface area contributed by atoms with E-state index in [9.17, 15) is 0 Å². The van der Waals surface area contributed by atoms with E-state index in [0.29, 0.717) is 11.3 Å². The molecular formula is C12H22N2S2. The summed E-state index contributed by atoms with van der Waals surface area (Å²) in [5.41, 5.74) is 1.19. The normalized spacial score (nSPS) is 13.4. The summed E-state index contributed by atoms with van der Waals surface area (Å²) >= 11 is 3.84. The third-order valence-corrected chi connectivity index (χ3v) is 4.89. The number of nitrogens with zero attached hydrogens (tertiary/aromatic N) is 1. The second kappa shape index (κ2) is 6.62. The van der Waals surface area contributed by atoms with Crippen molar-refractivity contribution >= 4 is 23.1 Å². The highest BCUT2D eigenvalue weighted by atomic mass is 32.2. The zero-order chi connectivity index (χ0) is 12.1. The van der Waals surface area contributed by atoms with Gasteiger partial charge in [-0.25, -0.2) is 4.98 Å². The molecule has 1 atom stereocenters. The fraction of sp³-hybridized carbons (Fsp3) is 0.750. The highest BCUT2D eigenvalue weighted by Crippen LogP contribution is 2.19. The van der Waals surface area contributed by atoms with Gasteiger partial charge in [-0.3, -0.25) is 0 Å². The van der Waals surface area contributed by atoms with E-state index in [2.05, 4.69) is 38.0 Å². The Bertz CT molecular complexity index is 301. The van der Waals surface area contributed by atoms with E-state index in [-0.39, 0.29) is 0 Å². The van der Waals surface area contributed by atoms with Crippen LogP contribution in [-0.4, -0.2) is 29.1 Å². The highest BCUT2D eigenvalue weighted by Gasteiger charge is 2.12. The summed E-state index contributed by atoms with van der Waals surface area (Å²) in [5, 5.41) is 5.35. The standard InChI is InChI=1S/C12H22N2S2/c1-8(2)15-7-11(13-5)6-12-14-9(3)10(4)16-12/h8,11,13H,6-7H2,1-5H3. The summed E-state index contributed by atoms with van der Waals surface area (Å²) in [6.07, 6.45) is 1.05. The van der Waals surface area contributed by atoms with E-state index < -0.39 is 0 Å². The molecule has 1 N–H and O–H groups in total. The Labute approximate surface area is 107 Å². The largest absolute Gasteiger partial charge is 0.316 e. The van der Waals surface area contributed by atoms with Crippen molar-refractivity contribution < 1.29 is 0 Å². The number of rotatable bonds is 6. The third kappa shape index (κ3) is 4.44. The first kappa shape index (κ1) is 14.0. The molecule has 0 fully saturated rings. The van der Waals surface area contributed by atoms with Gasteiger partial charge in [0.25, 0.3) is 0 Å². The van der Waals surface area contributed by atoms with Crippen LogP contribution < -0.4 is 5.32 Å². The van der Waals surface area contributed by atoms with Gasteiger partial charge in [-0.15, -0.1) is 11.3 Å². The lowest BCUT2D eigenvalue weighted by molar-refractivity contribution is 0.614. The van der Waals surface area contributed by atoms with Gasteiger partial charge < -0.3 is 5.32 Å². The third-order valence-electron chi connectivity index (χ3n) is 2.53. The molecule has 0 spiro atoms. The number of likely N-dealkylation sites (N-methyl/N-ethyl adjacent to an activating group) is 1. The molecule has 1 aromatic heterocycles. The summed E-state index contributed by atoms with van der Waals surface area (Å²) < 4.78 is 0. The Morgan fingerprint density at radius 3 is 2.50 bits per heavy atom. The second-order valence-corrected chi connectivity index (χ2v) is 7.22. The molecule has 16 heavy (non-hydrogen) atoms. The minimum Gasteiger partial charge on any atom is -0.316 e. The summed E-state index contributed by atoms with van der Waals surface area (Å²) in [6.45, 7) is 8.73. The molecule has 0 saturated carbocycles. The average molecular weight is 258 g/mol. The number of aromatic nitrogens is 1. The van der Waals surface area contributed by atoms with Crippen LogP contribution in [0.5, 0.6) is 0 Å². The number of thioether (sulfide) groups is 1. The van der Waals surface area contributed by atoms with Crippen LogP contribution in [0.25, 0.3) is 0 Å². The molecule has 4 heteroatoms. The fourth-order valence-electron chi connectivity index (χ4n) is 1.39. The number of hydrogen-bond acceptors (Lipinski definition) is 4. The lowest BCUT2D eigenvalue weighted by Gasteiger charge is -2.15. The van der Waals surface area contributed by atoms with Crippen molar-refractivity contribution in [1.82, 2.24) is 10.3 Å². The summed E-state index contributed by atoms with van der Waals surface area (Å²) in [7, 11) is 2.04. The van der Waals surface area contributed by atoms with E-state index in [1.807, 2.05) is 30.1 Å². The van der Waals surface area contributed by atoms with Crippen LogP contribution >= 0.6 is 23.1 Å². The van der Waals surface area contributed by atoms with Crippen molar-refractivity contribution in [2.75, 3.05) is 12.8 Å². The lowest BCUT2D eigenvalue weighted by Crippen LogP contribution is -2.30. The van der Waals surface area contributed by atoms with Gasteiger partial charge in [-0.2, -0.15) is 11.8 Å². The van der Waals surface area contributed by atoms with Crippen LogP contribution in [0.3, 0.4) is 0 Å². The van der Waals surface area contributed by atoms with Crippen LogP contribution in [0.1, 0.15) is 29.4 Å². The number of thiazole rings is 1. The predicted molar refractivity (Wildman–Crippen MR) is 75.7 cm³/mol. The summed E-state index contributed by atoms with van der Waals surface area (Å²) in [4.78, 5) is 5.94. The monoisotopic (exact) mass is 258 g/mol. The lowest BCUT2D eigenvalue weighted by atomic mass is 10.2. The smallest absolute Gasteiger partial charge is 0.0946 e. The molecule has 1 unspecified atom stereocenters. The minimum absolute atomic E-state index is 0.539. The first-order valence-corrected chi connectivity index (χ1v) is 7.61. The van der Waals surface area contributed by atoms with Gasteiger partial charge in [0.1, 0.15) is 0 Å². The molecule has 1 aromatic rings. The molecule has 0 amide bonds. The molecule has 0 aromatic carbocycles. The topological polar surface area (TPSA) is 24.9 Å². The van der Waals surface area contributed by atoms with Crippen molar-refractivity contribution in [1.29, 1.82) is 0 Å². The Hall–Kier alpha value is -0.0600. The van der Waals surface area contributed by atoms with Crippen molar-refractivity contribution in [3.63, 3.8) is 0 Å². The predicted octanol–water partition coefficient (Wildman–Crippen LogP) is 3.03. The van der Waals surface area contributed by atoms with Gasteiger partial charge in [0.15, 0.2) is 0 Å². The van der Waals surface area contributed by atoms with Crippen LogP contribution in [0.15, 0.2) is 0 Å². The van der Waals surface area contributed by atoms with E-state index in [0.717, 1.165) is 12.2 Å². The highest BCUT2D eigenvalue weighted by molar-refractivity contribution is 7.99. The maximum atomic E-state index is 4.59. The molecule has 1 rings (SSSR count). The maximum Gasteiger partial charge on any atom is 0.0946 e. The molecule has 0 bridgehead atoms. The second-order valence-electron chi connectivity index (χ2n) is 4.32. The first-order valence-electron chi connectivity index (χ1n) is 5.74. The Morgan fingerprint density at radius 2 is 2.06 bits per heavy atom. The molecular weight excluding hydrogens is 236 g/mol. The molecule has 0 aliphatic heterocycles. The Kier molecular flexibility index (Phi) is 5.79. The van der Waals surface area contributed by atoms with Crippen molar-refractivity contribution in [2.45, 2.75) is 45.4 Å². The van der Waals surface area contributed by atoms with Crippen LogP contribution in [0, 0.1) is 13.8 Å². The van der Waals surface area contributed by atoms with Crippen molar-refractivity contribution in [3.05, 3.63) is 15.6 Å². The SMILES string of the molecule is CNC(CSC(C)C)Cc1nc(C)c(C)s1. The van der Waals surface area contributed by atoms with Gasteiger partial charge >= 0.3 is 0 Å². The molecule has 0 aliphatic carbocycles. The molecule has 0 radical (unpaired) electrons. The molecule has 2 nitrogen and oxygen atoms in total. The van der Waals surface area contributed by atoms with Crippen LogP contribution in [0.4, 0.5) is 0 Å². The van der Waals surface area contributed by atoms with E-state index in [1.54, 1.807) is 0 Å². The first-order chi connectivity index (χ1) is 7.52. The van der Waals surface area contributed by atoms with Crippen LogP contribution in [0.2, 0.25) is 0 Å². The summed E-state index contributed by atoms with van der Waals surface area (Å²) in [6, 6.07) is 0.539. The summed E-state index contributed by atoms with van der Waals surface area (Å²) in [5.74, 6) is 1.16. The molecule has 92 valence electrons. The van der Waals surface area contributed by atoms with Gasteiger partial charge in [-0.1, -0.05) is 13.8 Å². The number of aryl methyl sites for hydroxylation is 2. The van der Waals surface area contributed by atoms with E-state index in [1.165, 1.54) is 15.6 Å². The molecule has 0 aliphatic rings. The van der Waals surface area contributed by atoms with E-state index >= 15 is 0 Å². The maximum absolute atomic E-state index is 4.59. The fourth-order valence-corrected chi connectivity index (χ4v) is 3.31. The zero-order valence-corrected chi connectivity index (χ0v) is 12.5. The van der Waals surface area contributed by atoms with Crippen LogP contribution in [-0.2, 0) is 6.42 Å². The van der Waals surface area contributed by atoms with Gasteiger partial charge in [0.05, 0.1) is 10.7 Å². The van der Waals surface area contributed by atoms with Crippen molar-refractivity contribution in [2.24, 2.45) is 0 Å². The number of hydrogen-bond donors (Lipinski definition) is 1. The quantitative estimate of drug-likeness (QED) is 0.849. The van der Waals surface area contributed by atoms with Crippen molar-refractivity contribution in [3.8, 4) is 0 Å². The van der Waals surface area contributed by atoms with Gasteiger partial charge in [0, 0.05) is 23.1 Å². The van der Waals surface area contributed by atoms with Gasteiger partial charge in [0.2, 0.25) is 0 Å². The number of nitrogens with one attached hydrogen (secondary N) is 1. The molecule has 0 saturated heterocycles.